The first-order valence-corrected chi connectivity index (χ1v) is 31.0. The molecule has 0 aliphatic carbocycles. The van der Waals surface area contributed by atoms with Crippen LogP contribution in [0.2, 0.25) is 0 Å². The van der Waals surface area contributed by atoms with E-state index in [4.69, 9.17) is 72.1 Å². The first-order valence-electron chi connectivity index (χ1n) is 17.3. The number of hydrogen-bond donors (Lipinski definition) is 6. The Morgan fingerprint density at radius 2 is 0.800 bits per heavy atom. The second-order valence-electron chi connectivity index (χ2n) is 17.4. The maximum absolute atomic E-state index is 7.00. The van der Waals surface area contributed by atoms with Crippen LogP contribution in [0.4, 0.5) is 0 Å². The highest BCUT2D eigenvalue weighted by molar-refractivity contribution is 8.14. The lowest BCUT2D eigenvalue weighted by Gasteiger charge is -2.45. The molecule has 4 aliphatic rings. The lowest BCUT2D eigenvalue weighted by Crippen LogP contribution is -2.44. The van der Waals surface area contributed by atoms with Gasteiger partial charge in [0.1, 0.15) is 0 Å². The van der Waals surface area contributed by atoms with Crippen molar-refractivity contribution in [3.8, 4) is 0 Å². The van der Waals surface area contributed by atoms with Gasteiger partial charge in [0.2, 0.25) is 30.0 Å². The molecule has 6 N–H and O–H groups in total. The van der Waals surface area contributed by atoms with Crippen molar-refractivity contribution in [3.05, 3.63) is 0 Å². The quantitative estimate of drug-likeness (QED) is 0.0988. The van der Waals surface area contributed by atoms with Gasteiger partial charge < -0.3 is 0 Å². The Bertz CT molecular complexity index is 1450. The Morgan fingerprint density at radius 3 is 1.08 bits per heavy atom. The van der Waals surface area contributed by atoms with Gasteiger partial charge in [-0.1, -0.05) is 0 Å². The second kappa shape index (κ2) is 15.9. The third-order valence-electron chi connectivity index (χ3n) is 7.12. The Morgan fingerprint density at radius 1 is 0.500 bits per heavy atom. The summed E-state index contributed by atoms with van der Waals surface area (Å²) in [6.45, 7) is 30.3. The van der Waals surface area contributed by atoms with E-state index in [-0.39, 0.29) is 22.2 Å². The molecule has 2 spiro atoms. The van der Waals surface area contributed by atoms with Crippen LogP contribution in [0.5, 0.6) is 0 Å². The van der Waals surface area contributed by atoms with Crippen LogP contribution >= 0.6 is 86.8 Å². The fourth-order valence-corrected chi connectivity index (χ4v) is 34.7. The highest BCUT2D eigenvalue weighted by Gasteiger charge is 2.45. The van der Waals surface area contributed by atoms with E-state index >= 15 is 0 Å². The molecule has 0 amide bonds. The highest BCUT2D eigenvalue weighted by Crippen LogP contribution is 2.82. The minimum absolute atomic E-state index is 0.282. The summed E-state index contributed by atoms with van der Waals surface area (Å²) in [6, 6.07) is 0. The molecule has 2 atom stereocenters. The van der Waals surface area contributed by atoms with Crippen molar-refractivity contribution >= 4 is 86.8 Å². The van der Waals surface area contributed by atoms with E-state index in [1.165, 1.54) is 0 Å². The van der Waals surface area contributed by atoms with Gasteiger partial charge in [0.25, 0.3) is 11.8 Å². The molecule has 0 saturated carbocycles. The zero-order chi connectivity index (χ0) is 37.7. The number of hydrogen-bond acceptors (Lipinski definition) is 14. The van der Waals surface area contributed by atoms with Crippen molar-refractivity contribution in [1.29, 1.82) is 0 Å². The van der Waals surface area contributed by atoms with Gasteiger partial charge in [-0.3, -0.25) is 10.2 Å². The van der Waals surface area contributed by atoms with E-state index in [1.807, 2.05) is 0 Å². The van der Waals surface area contributed by atoms with Crippen LogP contribution in [-0.2, 0) is 0 Å². The van der Waals surface area contributed by atoms with Gasteiger partial charge in [-0.15, -0.1) is 0 Å². The van der Waals surface area contributed by atoms with E-state index < -0.39 is 41.8 Å². The maximum atomic E-state index is 7.00. The molecule has 50 heavy (non-hydrogen) atoms. The van der Waals surface area contributed by atoms with E-state index in [0.717, 1.165) is 65.0 Å². The molecule has 4 aliphatic heterocycles. The summed E-state index contributed by atoms with van der Waals surface area (Å²) < 4.78 is 35.9. The van der Waals surface area contributed by atoms with Crippen LogP contribution in [0.15, 0.2) is 27.1 Å². The lowest BCUT2D eigenvalue weighted by molar-refractivity contribution is 0.365. The number of halogens is 4. The third kappa shape index (κ3) is 12.9. The third-order valence-corrected chi connectivity index (χ3v) is 31.2. The summed E-state index contributed by atoms with van der Waals surface area (Å²) in [5.41, 5.74) is -1.13. The molecule has 294 valence electrons. The standard InChI is InChI=1S/C26H62Cl4N14P6/c1-23(2,3)33-47(34-24(4,5)6)37-45(27,28)39-49(41-47)31-17-15-21-43(49)19-13-14-20-44-22-16-18-32-50(44)40-46(29,30)38-48(42-50,35-25(7,8)9)36-26(10,11)12/h31-36H,13-22H2,1-12H3. The van der Waals surface area contributed by atoms with Gasteiger partial charge in [0, 0.05) is 61.4 Å². The first kappa shape index (κ1) is 44.9. The molecule has 2 unspecified atom stereocenters. The van der Waals surface area contributed by atoms with Crippen molar-refractivity contribution < 1.29 is 0 Å². The molecule has 0 aromatic heterocycles. The van der Waals surface area contributed by atoms with Crippen molar-refractivity contribution in [2.45, 2.75) is 131 Å². The van der Waals surface area contributed by atoms with E-state index in [0.29, 0.717) is 0 Å². The van der Waals surface area contributed by atoms with Crippen LogP contribution in [0.1, 0.15) is 109 Å². The lowest BCUT2D eigenvalue weighted by atomic mass is 10.1. The maximum Gasteiger partial charge on any atom is 0.257 e. The Hall–Kier alpha value is 2.22. The van der Waals surface area contributed by atoms with Gasteiger partial charge in [-0.05, 0) is 154 Å². The van der Waals surface area contributed by atoms with Gasteiger partial charge in [0.05, 0.1) is 0 Å². The summed E-state index contributed by atoms with van der Waals surface area (Å²) in [7, 11) is -10.8. The van der Waals surface area contributed by atoms with Crippen molar-refractivity contribution in [3.63, 3.8) is 0 Å². The van der Waals surface area contributed by atoms with E-state index in [9.17, 15) is 0 Å². The highest BCUT2D eigenvalue weighted by atomic mass is 35.9. The summed E-state index contributed by atoms with van der Waals surface area (Å²) >= 11 is 28.0. The molecular weight excluding hydrogens is 836 g/mol. The molecule has 0 bridgehead atoms. The number of rotatable bonds is 9. The van der Waals surface area contributed by atoms with Crippen molar-refractivity contribution in [1.82, 2.24) is 39.9 Å². The fourth-order valence-electron chi connectivity index (χ4n) is 6.09. The summed E-state index contributed by atoms with van der Waals surface area (Å²) in [4.78, 5) is 0. The average Bonchev–Trinajstić information content (AvgIpc) is 2.81. The van der Waals surface area contributed by atoms with Crippen LogP contribution in [0.3, 0.4) is 0 Å². The smallest absolute Gasteiger partial charge is 0.253 e. The van der Waals surface area contributed by atoms with E-state index in [1.54, 1.807) is 0 Å². The monoisotopic (exact) mass is 896 g/mol. The van der Waals surface area contributed by atoms with Gasteiger partial charge in [0.15, 0.2) is 0 Å². The Kier molecular flexibility index (Phi) is 14.3. The summed E-state index contributed by atoms with van der Waals surface area (Å²) in [5.74, 6) is -6.09. The predicted octanol–water partition coefficient (Wildman–Crippen LogP) is 12.6. The van der Waals surface area contributed by atoms with Gasteiger partial charge >= 0.3 is 0 Å². The molecule has 4 rings (SSSR count). The minimum Gasteiger partial charge on any atom is -0.253 e. The van der Waals surface area contributed by atoms with Crippen molar-refractivity contribution in [2.24, 2.45) is 27.1 Å². The molecule has 2 saturated heterocycles. The zero-order valence-electron chi connectivity index (χ0n) is 31.8. The molecule has 2 fully saturated rings. The number of nitrogens with zero attached hydrogens (tertiary/aromatic N) is 8. The van der Waals surface area contributed by atoms with Crippen molar-refractivity contribution in [2.75, 3.05) is 39.3 Å². The topological polar surface area (TPSA) is 153 Å². The molecule has 0 aromatic rings. The molecular formula is C26H62Cl4N14P6. The predicted molar refractivity (Wildman–Crippen MR) is 229 cm³/mol. The molecule has 14 nitrogen and oxygen atoms in total. The SMILES string of the molecule is CC(C)(C)NP1(NC(C)(C)C)=NP2(=NP(Cl)(Cl)=N1)NCCCN2CCCCN1CCCNP12=NP(Cl)(Cl)=NP(NC(C)(C)C)(NC(C)(C)C)=N2. The van der Waals surface area contributed by atoms with Crippen LogP contribution < -0.4 is 30.5 Å². The van der Waals surface area contributed by atoms with Crippen LogP contribution in [0.25, 0.3) is 0 Å². The van der Waals surface area contributed by atoms with Gasteiger partial charge in [-0.2, -0.15) is 27.1 Å². The second-order valence-corrected chi connectivity index (χ2v) is 37.5. The average molecular weight is 899 g/mol. The summed E-state index contributed by atoms with van der Waals surface area (Å²) in [5, 5.41) is 22.3. The molecule has 24 heteroatoms. The zero-order valence-corrected chi connectivity index (χ0v) is 40.2. The largest absolute Gasteiger partial charge is 0.257 e. The number of unbranched alkanes of at least 4 members (excludes halogenated alkanes) is 1. The van der Waals surface area contributed by atoms with Crippen LogP contribution in [-0.4, -0.2) is 70.8 Å². The minimum atomic E-state index is -3.05. The fraction of sp³-hybridized carbons (Fsp3) is 1.00. The van der Waals surface area contributed by atoms with Crippen LogP contribution in [0, 0.1) is 0 Å². The first-order chi connectivity index (χ1) is 22.5. The molecule has 0 aromatic carbocycles. The Balaban J connectivity index is 1.64. The Labute approximate surface area is 322 Å². The van der Waals surface area contributed by atoms with E-state index in [2.05, 4.69) is 123 Å². The molecule has 0 radical (unpaired) electrons. The molecule has 4 heterocycles. The normalized spacial score (nSPS) is 30.0. The summed E-state index contributed by atoms with van der Waals surface area (Å²) in [6.07, 6.45) is 3.80. The number of nitrogens with one attached hydrogen (secondary N) is 6. The van der Waals surface area contributed by atoms with Gasteiger partial charge in [-0.25, -0.2) is 29.7 Å².